The van der Waals surface area contributed by atoms with Gasteiger partial charge >= 0.3 is 0 Å². The molecule has 2 amide bonds. The maximum atomic E-state index is 13.8. The van der Waals surface area contributed by atoms with Crippen molar-refractivity contribution in [1.82, 2.24) is 9.80 Å². The highest BCUT2D eigenvalue weighted by Gasteiger charge is 2.38. The third kappa shape index (κ3) is 3.97. The Labute approximate surface area is 193 Å². The Morgan fingerprint density at radius 2 is 1.75 bits per heavy atom. The number of likely N-dealkylation sites (tertiary alicyclic amines) is 1. The molecule has 0 bridgehead atoms. The molecule has 2 aliphatic heterocycles. The molecule has 3 aromatic rings. The Morgan fingerprint density at radius 1 is 0.969 bits per heavy atom. The van der Waals surface area contributed by atoms with Crippen molar-refractivity contribution < 1.29 is 9.59 Å². The zero-order chi connectivity index (χ0) is 22.1. The maximum absolute atomic E-state index is 13.8. The van der Waals surface area contributed by atoms with E-state index in [1.807, 2.05) is 54.3 Å². The van der Waals surface area contributed by atoms with Crippen molar-refractivity contribution in [2.45, 2.75) is 32.2 Å². The van der Waals surface area contributed by atoms with Crippen LogP contribution in [0.3, 0.4) is 0 Å². The van der Waals surface area contributed by atoms with E-state index in [2.05, 4.69) is 28.5 Å². The first kappa shape index (κ1) is 21.0. The van der Waals surface area contributed by atoms with E-state index < -0.39 is 0 Å². The standard InChI is InChI=1S/C27H28N2O2S/c1-19-9-11-21(12-10-19)26(30)28-15-5-8-22(18-28)27(31)29-16-13-24-23(14-17-32-24)25(29)20-6-3-2-4-7-20/h2-4,6-7,9-12,14,17,22,25H,5,8,13,15-16,18H2,1H3. The second-order valence-electron chi connectivity index (χ2n) is 8.85. The summed E-state index contributed by atoms with van der Waals surface area (Å²) >= 11 is 1.79. The van der Waals surface area contributed by atoms with Gasteiger partial charge in [-0.1, -0.05) is 48.0 Å². The van der Waals surface area contributed by atoms with Crippen molar-refractivity contribution in [2.75, 3.05) is 19.6 Å². The van der Waals surface area contributed by atoms with Gasteiger partial charge in [0.2, 0.25) is 5.91 Å². The van der Waals surface area contributed by atoms with Crippen LogP contribution in [0.5, 0.6) is 0 Å². The van der Waals surface area contributed by atoms with Crippen molar-refractivity contribution in [3.8, 4) is 0 Å². The Kier molecular flexibility index (Phi) is 5.83. The number of thiophene rings is 1. The van der Waals surface area contributed by atoms with Crippen LogP contribution < -0.4 is 0 Å². The first-order valence-corrected chi connectivity index (χ1v) is 12.3. The van der Waals surface area contributed by atoms with E-state index in [0.29, 0.717) is 18.7 Å². The summed E-state index contributed by atoms with van der Waals surface area (Å²) in [7, 11) is 0. The van der Waals surface area contributed by atoms with Gasteiger partial charge in [-0.05, 0) is 60.9 Å². The number of rotatable bonds is 3. The summed E-state index contributed by atoms with van der Waals surface area (Å²) in [4.78, 5) is 32.2. The van der Waals surface area contributed by atoms with Crippen molar-refractivity contribution in [3.05, 3.63) is 93.2 Å². The van der Waals surface area contributed by atoms with Gasteiger partial charge in [0.15, 0.2) is 0 Å². The van der Waals surface area contributed by atoms with Gasteiger partial charge in [-0.3, -0.25) is 9.59 Å². The van der Waals surface area contributed by atoms with Gasteiger partial charge in [0.25, 0.3) is 5.91 Å². The number of amides is 2. The molecule has 2 aromatic carbocycles. The molecule has 1 saturated heterocycles. The molecule has 5 rings (SSSR count). The summed E-state index contributed by atoms with van der Waals surface area (Å²) in [6, 6.07) is 20.2. The lowest BCUT2D eigenvalue weighted by Gasteiger charge is -2.40. The molecule has 4 nitrogen and oxygen atoms in total. The number of hydrogen-bond acceptors (Lipinski definition) is 3. The predicted octanol–water partition coefficient (Wildman–Crippen LogP) is 5.08. The molecule has 3 heterocycles. The third-order valence-corrected chi connectivity index (χ3v) is 7.72. The summed E-state index contributed by atoms with van der Waals surface area (Å²) in [6.07, 6.45) is 2.60. The smallest absolute Gasteiger partial charge is 0.253 e. The molecule has 2 unspecified atom stereocenters. The molecule has 5 heteroatoms. The molecule has 164 valence electrons. The number of piperidine rings is 1. The zero-order valence-corrected chi connectivity index (χ0v) is 19.2. The summed E-state index contributed by atoms with van der Waals surface area (Å²) < 4.78 is 0. The summed E-state index contributed by atoms with van der Waals surface area (Å²) in [5, 5.41) is 2.14. The van der Waals surface area contributed by atoms with Gasteiger partial charge in [-0.15, -0.1) is 11.3 Å². The van der Waals surface area contributed by atoms with Crippen LogP contribution in [0.1, 0.15) is 50.8 Å². The number of nitrogens with zero attached hydrogens (tertiary/aromatic N) is 2. The Hall–Kier alpha value is -2.92. The summed E-state index contributed by atoms with van der Waals surface area (Å²) in [6.45, 7) is 3.96. The highest BCUT2D eigenvalue weighted by atomic mass is 32.1. The van der Waals surface area contributed by atoms with E-state index in [9.17, 15) is 9.59 Å². The fourth-order valence-electron chi connectivity index (χ4n) is 5.02. The Bertz CT molecular complexity index is 1110. The van der Waals surface area contributed by atoms with Crippen molar-refractivity contribution in [2.24, 2.45) is 5.92 Å². The van der Waals surface area contributed by atoms with Gasteiger partial charge in [-0.25, -0.2) is 0 Å². The van der Waals surface area contributed by atoms with Crippen LogP contribution in [0.2, 0.25) is 0 Å². The van der Waals surface area contributed by atoms with Gasteiger partial charge in [0, 0.05) is 30.1 Å². The van der Waals surface area contributed by atoms with E-state index in [-0.39, 0.29) is 23.8 Å². The lowest BCUT2D eigenvalue weighted by Crippen LogP contribution is -2.49. The molecule has 0 radical (unpaired) electrons. The molecule has 1 fully saturated rings. The van der Waals surface area contributed by atoms with E-state index >= 15 is 0 Å². The van der Waals surface area contributed by atoms with Gasteiger partial charge in [-0.2, -0.15) is 0 Å². The first-order chi connectivity index (χ1) is 15.6. The average Bonchev–Trinajstić information content (AvgIpc) is 3.32. The molecule has 0 N–H and O–H groups in total. The lowest BCUT2D eigenvalue weighted by atomic mass is 9.89. The van der Waals surface area contributed by atoms with Crippen LogP contribution in [-0.2, 0) is 11.2 Å². The quantitative estimate of drug-likeness (QED) is 0.565. The van der Waals surface area contributed by atoms with E-state index in [0.717, 1.165) is 36.9 Å². The van der Waals surface area contributed by atoms with Crippen LogP contribution in [0, 0.1) is 12.8 Å². The number of carbonyl (C=O) groups excluding carboxylic acids is 2. The van der Waals surface area contributed by atoms with E-state index in [4.69, 9.17) is 0 Å². The first-order valence-electron chi connectivity index (χ1n) is 11.4. The molecule has 0 saturated carbocycles. The topological polar surface area (TPSA) is 40.6 Å². The molecule has 2 aliphatic rings. The highest BCUT2D eigenvalue weighted by molar-refractivity contribution is 7.10. The molecule has 2 atom stereocenters. The summed E-state index contributed by atoms with van der Waals surface area (Å²) in [5.41, 5.74) is 4.25. The number of carbonyl (C=O) groups is 2. The second-order valence-corrected chi connectivity index (χ2v) is 9.85. The fraction of sp³-hybridized carbons (Fsp3) is 0.333. The molecule has 0 spiro atoms. The van der Waals surface area contributed by atoms with Gasteiger partial charge < -0.3 is 9.80 Å². The third-order valence-electron chi connectivity index (χ3n) is 6.72. The molecule has 1 aromatic heterocycles. The summed E-state index contributed by atoms with van der Waals surface area (Å²) in [5.74, 6) is 0.0579. The Morgan fingerprint density at radius 3 is 2.53 bits per heavy atom. The fourth-order valence-corrected chi connectivity index (χ4v) is 5.93. The predicted molar refractivity (Wildman–Crippen MR) is 128 cm³/mol. The molecule has 32 heavy (non-hydrogen) atoms. The van der Waals surface area contributed by atoms with Crippen molar-refractivity contribution in [3.63, 3.8) is 0 Å². The highest BCUT2D eigenvalue weighted by Crippen LogP contribution is 2.39. The number of hydrogen-bond donors (Lipinski definition) is 0. The minimum atomic E-state index is -0.149. The van der Waals surface area contributed by atoms with E-state index in [1.54, 1.807) is 11.3 Å². The molecular formula is C27H28N2O2S. The average molecular weight is 445 g/mol. The van der Waals surface area contributed by atoms with Crippen molar-refractivity contribution >= 4 is 23.2 Å². The minimum Gasteiger partial charge on any atom is -0.338 e. The van der Waals surface area contributed by atoms with E-state index in [1.165, 1.54) is 10.4 Å². The Balaban J connectivity index is 1.38. The number of benzene rings is 2. The van der Waals surface area contributed by atoms with Crippen LogP contribution in [0.15, 0.2) is 66.0 Å². The lowest BCUT2D eigenvalue weighted by molar-refractivity contribution is -0.139. The van der Waals surface area contributed by atoms with Crippen LogP contribution in [0.25, 0.3) is 0 Å². The zero-order valence-electron chi connectivity index (χ0n) is 18.4. The van der Waals surface area contributed by atoms with Gasteiger partial charge in [0.05, 0.1) is 12.0 Å². The molecule has 0 aliphatic carbocycles. The second kappa shape index (κ2) is 8.91. The maximum Gasteiger partial charge on any atom is 0.253 e. The van der Waals surface area contributed by atoms with Gasteiger partial charge in [0.1, 0.15) is 0 Å². The van der Waals surface area contributed by atoms with Crippen molar-refractivity contribution in [1.29, 1.82) is 0 Å². The number of aryl methyl sites for hydroxylation is 1. The monoisotopic (exact) mass is 444 g/mol. The van der Waals surface area contributed by atoms with Crippen LogP contribution in [-0.4, -0.2) is 41.2 Å². The number of fused-ring (bicyclic) bond motifs is 1. The SMILES string of the molecule is Cc1ccc(C(=O)N2CCCC(C(=O)N3CCc4sccc4C3c3ccccc3)C2)cc1. The normalized spacial score (nSPS) is 20.7. The van der Waals surface area contributed by atoms with Crippen LogP contribution >= 0.6 is 11.3 Å². The van der Waals surface area contributed by atoms with Crippen LogP contribution in [0.4, 0.5) is 0 Å². The molecular weight excluding hydrogens is 416 g/mol. The minimum absolute atomic E-state index is 0.0286. The largest absolute Gasteiger partial charge is 0.338 e.